The van der Waals surface area contributed by atoms with Crippen molar-refractivity contribution < 1.29 is 14.3 Å². The van der Waals surface area contributed by atoms with Gasteiger partial charge in [-0.2, -0.15) is 0 Å². The molecule has 0 aliphatic carbocycles. The number of ether oxygens (including phenoxy) is 1. The molecule has 2 aromatic carbocycles. The summed E-state index contributed by atoms with van der Waals surface area (Å²) in [6, 6.07) is 14.2. The average molecular weight is 505 g/mol. The van der Waals surface area contributed by atoms with Gasteiger partial charge in [-0.15, -0.1) is 0 Å². The summed E-state index contributed by atoms with van der Waals surface area (Å²) in [5, 5.41) is 6.18. The highest BCUT2D eigenvalue weighted by Crippen LogP contribution is 2.38. The Morgan fingerprint density at radius 3 is 2.62 bits per heavy atom. The number of carbonyl (C=O) groups is 2. The van der Waals surface area contributed by atoms with Crippen LogP contribution in [-0.4, -0.2) is 63.1 Å². The second kappa shape index (κ2) is 11.5. The number of piperidine rings is 1. The number of amides is 2. The maximum absolute atomic E-state index is 13.5. The van der Waals surface area contributed by atoms with Gasteiger partial charge in [0.2, 0.25) is 5.91 Å². The Hall–Kier alpha value is -3.06. The van der Waals surface area contributed by atoms with Gasteiger partial charge in [0.25, 0.3) is 5.91 Å². The first-order chi connectivity index (χ1) is 18.0. The van der Waals surface area contributed by atoms with Crippen LogP contribution in [0.2, 0.25) is 0 Å². The quantitative estimate of drug-likeness (QED) is 0.652. The van der Waals surface area contributed by atoms with Gasteiger partial charge in [-0.05, 0) is 80.9 Å². The number of anilines is 1. The van der Waals surface area contributed by atoms with Gasteiger partial charge in [0.15, 0.2) is 0 Å². The predicted octanol–water partition coefficient (Wildman–Crippen LogP) is 3.76. The number of nitrogens with zero attached hydrogens (tertiary/aromatic N) is 2. The maximum Gasteiger partial charge on any atom is 0.255 e. The van der Waals surface area contributed by atoms with E-state index in [0.717, 1.165) is 64.7 Å². The van der Waals surface area contributed by atoms with Crippen molar-refractivity contribution in [2.75, 3.05) is 51.3 Å². The molecule has 0 aromatic heterocycles. The summed E-state index contributed by atoms with van der Waals surface area (Å²) >= 11 is 0. The zero-order valence-corrected chi connectivity index (χ0v) is 22.1. The summed E-state index contributed by atoms with van der Waals surface area (Å²) in [5.41, 5.74) is 4.39. The molecule has 2 N–H and O–H groups in total. The molecule has 0 atom stereocenters. The standard InChI is InChI=1S/C30H40N4O3/c1-33-17-6-7-24-21-23(10-11-26(24)33)22-34-18-13-30(14-19-34)12-4-5-15-31-28(35)25-8-2-3-9-27(25)37-20-16-32-29(30)36/h2-3,8-11,21H,4-7,12-20,22H2,1H3,(H,31,35)(H,32,36). The van der Waals surface area contributed by atoms with Crippen LogP contribution in [0.5, 0.6) is 5.75 Å². The highest BCUT2D eigenvalue weighted by molar-refractivity contribution is 5.96. The van der Waals surface area contributed by atoms with E-state index in [1.165, 1.54) is 23.2 Å². The third-order valence-corrected chi connectivity index (χ3v) is 8.34. The molecule has 0 saturated carbocycles. The van der Waals surface area contributed by atoms with E-state index < -0.39 is 0 Å². The molecule has 3 aliphatic heterocycles. The summed E-state index contributed by atoms with van der Waals surface area (Å²) < 4.78 is 5.87. The highest BCUT2D eigenvalue weighted by atomic mass is 16.5. The second-order valence-electron chi connectivity index (χ2n) is 10.9. The highest BCUT2D eigenvalue weighted by Gasteiger charge is 2.40. The predicted molar refractivity (Wildman–Crippen MR) is 146 cm³/mol. The van der Waals surface area contributed by atoms with Crippen LogP contribution in [0.25, 0.3) is 0 Å². The van der Waals surface area contributed by atoms with E-state index >= 15 is 0 Å². The van der Waals surface area contributed by atoms with Crippen molar-refractivity contribution >= 4 is 17.5 Å². The fourth-order valence-corrected chi connectivity index (χ4v) is 6.10. The molecule has 0 bridgehead atoms. The molecule has 1 spiro atoms. The zero-order valence-electron chi connectivity index (χ0n) is 22.1. The summed E-state index contributed by atoms with van der Waals surface area (Å²) in [7, 11) is 2.18. The third-order valence-electron chi connectivity index (χ3n) is 8.34. The maximum atomic E-state index is 13.5. The molecule has 0 radical (unpaired) electrons. The largest absolute Gasteiger partial charge is 0.491 e. The summed E-state index contributed by atoms with van der Waals surface area (Å²) in [5.74, 6) is 0.610. The summed E-state index contributed by atoms with van der Waals surface area (Å²) in [6.45, 7) is 5.29. The van der Waals surface area contributed by atoms with Crippen molar-refractivity contribution in [1.29, 1.82) is 0 Å². The van der Waals surface area contributed by atoms with Gasteiger partial charge in [0.05, 0.1) is 17.5 Å². The number of rotatable bonds is 2. The lowest BCUT2D eigenvalue weighted by Gasteiger charge is -2.41. The second-order valence-corrected chi connectivity index (χ2v) is 10.9. The van der Waals surface area contributed by atoms with Crippen molar-refractivity contribution in [1.82, 2.24) is 15.5 Å². The van der Waals surface area contributed by atoms with Crippen LogP contribution < -0.4 is 20.3 Å². The first-order valence-electron chi connectivity index (χ1n) is 13.9. The van der Waals surface area contributed by atoms with Crippen LogP contribution in [0, 0.1) is 5.41 Å². The lowest BCUT2D eigenvalue weighted by Crippen LogP contribution is -2.49. The number of para-hydroxylation sites is 1. The van der Waals surface area contributed by atoms with E-state index in [9.17, 15) is 9.59 Å². The zero-order chi connectivity index (χ0) is 25.7. The Kier molecular flexibility index (Phi) is 7.99. The molecule has 7 heteroatoms. The number of nitrogens with one attached hydrogen (secondary N) is 2. The smallest absolute Gasteiger partial charge is 0.255 e. The number of benzene rings is 2. The fourth-order valence-electron chi connectivity index (χ4n) is 6.10. The number of hydrogen-bond acceptors (Lipinski definition) is 5. The molecule has 1 saturated heterocycles. The van der Waals surface area contributed by atoms with E-state index in [1.54, 1.807) is 12.1 Å². The first-order valence-corrected chi connectivity index (χ1v) is 13.9. The Labute approximate surface area is 220 Å². The number of hydrogen-bond donors (Lipinski definition) is 2. The lowest BCUT2D eigenvalue weighted by atomic mass is 9.73. The van der Waals surface area contributed by atoms with Crippen LogP contribution in [0.1, 0.15) is 60.0 Å². The minimum Gasteiger partial charge on any atom is -0.491 e. The van der Waals surface area contributed by atoms with Gasteiger partial charge < -0.3 is 20.3 Å². The molecule has 3 aliphatic rings. The van der Waals surface area contributed by atoms with Gasteiger partial charge in [0.1, 0.15) is 12.4 Å². The van der Waals surface area contributed by atoms with Gasteiger partial charge >= 0.3 is 0 Å². The number of carbonyl (C=O) groups excluding carboxylic acids is 2. The number of fused-ring (bicyclic) bond motifs is 2. The average Bonchev–Trinajstić information content (AvgIpc) is 2.91. The molecule has 37 heavy (non-hydrogen) atoms. The Balaban J connectivity index is 1.20. The minimum absolute atomic E-state index is 0.103. The van der Waals surface area contributed by atoms with Crippen LogP contribution in [0.15, 0.2) is 42.5 Å². The van der Waals surface area contributed by atoms with Crippen LogP contribution in [0.3, 0.4) is 0 Å². The Bertz CT molecular complexity index is 1110. The van der Waals surface area contributed by atoms with Crippen LogP contribution in [-0.2, 0) is 17.8 Å². The van der Waals surface area contributed by atoms with E-state index in [0.29, 0.717) is 31.0 Å². The van der Waals surface area contributed by atoms with Gasteiger partial charge in [0, 0.05) is 32.4 Å². The SMILES string of the molecule is CN1CCCc2cc(CN3CCC4(CCCCNC(=O)c5ccccc5OCCNC4=O)CC3)ccc21. The van der Waals surface area contributed by atoms with Crippen LogP contribution in [0.4, 0.5) is 5.69 Å². The topological polar surface area (TPSA) is 73.9 Å². The van der Waals surface area contributed by atoms with Crippen molar-refractivity contribution in [2.45, 2.75) is 51.5 Å². The van der Waals surface area contributed by atoms with Crippen LogP contribution >= 0.6 is 0 Å². The molecule has 5 rings (SSSR count). The normalized spacial score (nSPS) is 21.2. The molecule has 1 fully saturated rings. The molecular formula is C30H40N4O3. The van der Waals surface area contributed by atoms with Crippen molar-refractivity contribution in [3.63, 3.8) is 0 Å². The number of aryl methyl sites for hydroxylation is 1. The van der Waals surface area contributed by atoms with Gasteiger partial charge in [-0.25, -0.2) is 0 Å². The van der Waals surface area contributed by atoms with E-state index in [4.69, 9.17) is 4.74 Å². The van der Waals surface area contributed by atoms with E-state index in [1.807, 2.05) is 12.1 Å². The number of likely N-dealkylation sites (tertiary alicyclic amines) is 1. The monoisotopic (exact) mass is 504 g/mol. The molecule has 0 unspecified atom stereocenters. The van der Waals surface area contributed by atoms with Crippen molar-refractivity contribution in [3.8, 4) is 5.75 Å². The van der Waals surface area contributed by atoms with Crippen molar-refractivity contribution in [2.24, 2.45) is 5.41 Å². The first kappa shape index (κ1) is 25.6. The lowest BCUT2D eigenvalue weighted by molar-refractivity contribution is -0.134. The Morgan fingerprint density at radius 2 is 1.76 bits per heavy atom. The van der Waals surface area contributed by atoms with E-state index in [-0.39, 0.29) is 17.2 Å². The molecular weight excluding hydrogens is 464 g/mol. The summed E-state index contributed by atoms with van der Waals surface area (Å²) in [6.07, 6.45) is 6.74. The minimum atomic E-state index is -0.346. The third kappa shape index (κ3) is 5.93. The van der Waals surface area contributed by atoms with Gasteiger partial charge in [-0.1, -0.05) is 30.7 Å². The molecule has 198 valence electrons. The van der Waals surface area contributed by atoms with Crippen molar-refractivity contribution in [3.05, 3.63) is 59.2 Å². The molecule has 2 amide bonds. The van der Waals surface area contributed by atoms with E-state index in [2.05, 4.69) is 45.7 Å². The molecule has 7 nitrogen and oxygen atoms in total. The Morgan fingerprint density at radius 1 is 0.919 bits per heavy atom. The van der Waals surface area contributed by atoms with Gasteiger partial charge in [-0.3, -0.25) is 14.5 Å². The molecule has 3 heterocycles. The summed E-state index contributed by atoms with van der Waals surface area (Å²) in [4.78, 5) is 30.9. The molecule has 2 aromatic rings. The fraction of sp³-hybridized carbons (Fsp3) is 0.533.